The molecule has 2 heterocycles. The zero-order chi connectivity index (χ0) is 22.2. The molecule has 11 heteroatoms. The fourth-order valence-electron chi connectivity index (χ4n) is 3.53. The van der Waals surface area contributed by atoms with Crippen LogP contribution in [-0.4, -0.2) is 60.2 Å². The van der Waals surface area contributed by atoms with Crippen molar-refractivity contribution in [3.05, 3.63) is 66.4 Å². The first-order valence-electron chi connectivity index (χ1n) is 10.8. The Bertz CT molecular complexity index is 1050. The number of rotatable bonds is 8. The normalized spacial score (nSPS) is 12.9. The fourth-order valence-corrected chi connectivity index (χ4v) is 3.53. The average Bonchev–Trinajstić information content (AvgIpc) is 2.84. The Morgan fingerprint density at radius 1 is 1.00 bits per heavy atom. The van der Waals surface area contributed by atoms with Gasteiger partial charge in [0.15, 0.2) is 0 Å². The highest BCUT2D eigenvalue weighted by atomic mass is 35.5. The molecular formula is C24H31Cl3N6O2. The molecular weight excluding hydrogens is 511 g/mol. The van der Waals surface area contributed by atoms with Crippen LogP contribution >= 0.6 is 37.2 Å². The van der Waals surface area contributed by atoms with Crippen molar-refractivity contribution in [2.75, 3.05) is 55.8 Å². The number of ether oxygens (including phenoxy) is 1. The van der Waals surface area contributed by atoms with Crippen LogP contribution in [0.5, 0.6) is 0 Å². The lowest BCUT2D eigenvalue weighted by atomic mass is 10.1. The standard InChI is InChI=1S/C24H28N6O2.3ClH/c25-20-4-1-2-5-22(20)28-23(31)19-8-6-18(7-9-19)21-10-12-27-24(29-21)26-11-3-13-30-14-16-32-17-15-30;;;/h1-2,4-10,12H,3,11,13-17,25H2,(H,28,31)(H,26,27,29);3*1H. The molecule has 1 aliphatic heterocycles. The Hall–Kier alpha value is -2.62. The number of hydrogen-bond donors (Lipinski definition) is 3. The van der Waals surface area contributed by atoms with E-state index in [1.54, 1.807) is 30.5 Å². The van der Waals surface area contributed by atoms with E-state index in [9.17, 15) is 4.79 Å². The van der Waals surface area contributed by atoms with Gasteiger partial charge in [-0.1, -0.05) is 24.3 Å². The monoisotopic (exact) mass is 540 g/mol. The zero-order valence-corrected chi connectivity index (χ0v) is 21.6. The van der Waals surface area contributed by atoms with Gasteiger partial charge in [-0.15, -0.1) is 37.2 Å². The second-order valence-corrected chi connectivity index (χ2v) is 7.62. The highest BCUT2D eigenvalue weighted by Crippen LogP contribution is 2.21. The minimum atomic E-state index is -0.209. The molecule has 2 aromatic carbocycles. The van der Waals surface area contributed by atoms with E-state index in [1.807, 2.05) is 30.3 Å². The number of nitrogens with two attached hydrogens (primary N) is 1. The van der Waals surface area contributed by atoms with Gasteiger partial charge in [-0.05, 0) is 43.3 Å². The minimum Gasteiger partial charge on any atom is -0.397 e. The molecule has 35 heavy (non-hydrogen) atoms. The highest BCUT2D eigenvalue weighted by molar-refractivity contribution is 6.05. The second-order valence-electron chi connectivity index (χ2n) is 7.62. The number of carbonyl (C=O) groups excluding carboxylic acids is 1. The second kappa shape index (κ2) is 15.4. The molecule has 1 aromatic heterocycles. The van der Waals surface area contributed by atoms with Crippen LogP contribution in [0.15, 0.2) is 60.8 Å². The van der Waals surface area contributed by atoms with E-state index in [4.69, 9.17) is 10.5 Å². The summed E-state index contributed by atoms with van der Waals surface area (Å²) in [5.74, 6) is 0.394. The topological polar surface area (TPSA) is 105 Å². The summed E-state index contributed by atoms with van der Waals surface area (Å²) in [5.41, 5.74) is 9.30. The Kier molecular flexibility index (Phi) is 13.4. The van der Waals surface area contributed by atoms with Gasteiger partial charge in [0.1, 0.15) is 0 Å². The molecule has 4 N–H and O–H groups in total. The molecule has 0 aliphatic carbocycles. The predicted molar refractivity (Wildman–Crippen MR) is 148 cm³/mol. The summed E-state index contributed by atoms with van der Waals surface area (Å²) in [6, 6.07) is 16.4. The maximum Gasteiger partial charge on any atom is 0.255 e. The molecule has 0 atom stereocenters. The van der Waals surface area contributed by atoms with Crippen molar-refractivity contribution in [1.29, 1.82) is 0 Å². The molecule has 3 aromatic rings. The number of nitrogen functional groups attached to an aromatic ring is 1. The van der Waals surface area contributed by atoms with E-state index < -0.39 is 0 Å². The SMILES string of the molecule is Cl.Cl.Cl.Nc1ccccc1NC(=O)c1ccc(-c2ccnc(NCCCN3CCOCC3)n2)cc1. The van der Waals surface area contributed by atoms with Gasteiger partial charge in [0.05, 0.1) is 30.3 Å². The van der Waals surface area contributed by atoms with E-state index in [2.05, 4.69) is 25.5 Å². The largest absolute Gasteiger partial charge is 0.397 e. The first-order chi connectivity index (χ1) is 15.7. The lowest BCUT2D eigenvalue weighted by Crippen LogP contribution is -2.37. The summed E-state index contributed by atoms with van der Waals surface area (Å²) in [5, 5.41) is 6.14. The highest BCUT2D eigenvalue weighted by Gasteiger charge is 2.10. The number of amides is 1. The van der Waals surface area contributed by atoms with Gasteiger partial charge in [-0.2, -0.15) is 0 Å². The van der Waals surface area contributed by atoms with Crippen molar-refractivity contribution >= 4 is 60.5 Å². The Morgan fingerprint density at radius 3 is 2.43 bits per heavy atom. The first-order valence-corrected chi connectivity index (χ1v) is 10.8. The van der Waals surface area contributed by atoms with Gasteiger partial charge in [0, 0.05) is 37.0 Å². The number of carbonyl (C=O) groups is 1. The van der Waals surface area contributed by atoms with Gasteiger partial charge < -0.3 is 21.1 Å². The van der Waals surface area contributed by atoms with Crippen LogP contribution in [0, 0.1) is 0 Å². The van der Waals surface area contributed by atoms with Gasteiger partial charge in [0.2, 0.25) is 5.95 Å². The number of aromatic nitrogens is 2. The molecule has 0 spiro atoms. The number of benzene rings is 2. The van der Waals surface area contributed by atoms with Crippen molar-refractivity contribution in [3.8, 4) is 11.3 Å². The molecule has 1 saturated heterocycles. The Balaban J connectivity index is 0.00000204. The number of nitrogens with zero attached hydrogens (tertiary/aromatic N) is 3. The number of hydrogen-bond acceptors (Lipinski definition) is 7. The number of para-hydroxylation sites is 2. The van der Waals surface area contributed by atoms with E-state index in [0.717, 1.165) is 57.1 Å². The van der Waals surface area contributed by atoms with Crippen LogP contribution in [0.25, 0.3) is 11.3 Å². The van der Waals surface area contributed by atoms with Crippen LogP contribution in [0.4, 0.5) is 17.3 Å². The van der Waals surface area contributed by atoms with Gasteiger partial charge in [0.25, 0.3) is 5.91 Å². The maximum absolute atomic E-state index is 12.5. The van der Waals surface area contributed by atoms with Crippen molar-refractivity contribution < 1.29 is 9.53 Å². The van der Waals surface area contributed by atoms with Crippen LogP contribution in [0.1, 0.15) is 16.8 Å². The fraction of sp³-hybridized carbons (Fsp3) is 0.292. The van der Waals surface area contributed by atoms with Crippen molar-refractivity contribution in [1.82, 2.24) is 14.9 Å². The quantitative estimate of drug-likeness (QED) is 0.287. The number of halogens is 3. The predicted octanol–water partition coefficient (Wildman–Crippen LogP) is 4.38. The summed E-state index contributed by atoms with van der Waals surface area (Å²) in [6.07, 6.45) is 2.76. The molecule has 190 valence electrons. The van der Waals surface area contributed by atoms with E-state index in [0.29, 0.717) is 22.9 Å². The third kappa shape index (κ3) is 8.83. The average molecular weight is 542 g/mol. The van der Waals surface area contributed by atoms with Gasteiger partial charge >= 0.3 is 0 Å². The number of anilines is 3. The van der Waals surface area contributed by atoms with Crippen molar-refractivity contribution in [2.45, 2.75) is 6.42 Å². The molecule has 0 bridgehead atoms. The molecule has 8 nitrogen and oxygen atoms in total. The number of nitrogens with one attached hydrogen (secondary N) is 2. The molecule has 1 aliphatic rings. The minimum absolute atomic E-state index is 0. The molecule has 4 rings (SSSR count). The molecule has 1 fully saturated rings. The molecule has 1 amide bonds. The lowest BCUT2D eigenvalue weighted by Gasteiger charge is -2.26. The van der Waals surface area contributed by atoms with Gasteiger partial charge in [-0.25, -0.2) is 9.97 Å². The molecule has 0 radical (unpaired) electrons. The van der Waals surface area contributed by atoms with Crippen LogP contribution in [-0.2, 0) is 4.74 Å². The molecule has 0 saturated carbocycles. The zero-order valence-electron chi connectivity index (χ0n) is 19.2. The summed E-state index contributed by atoms with van der Waals surface area (Å²) in [6.45, 7) is 5.48. The smallest absolute Gasteiger partial charge is 0.255 e. The summed E-state index contributed by atoms with van der Waals surface area (Å²) < 4.78 is 5.38. The Morgan fingerprint density at radius 2 is 1.71 bits per heavy atom. The Labute approximate surface area is 224 Å². The third-order valence-corrected chi connectivity index (χ3v) is 5.35. The summed E-state index contributed by atoms with van der Waals surface area (Å²) in [7, 11) is 0. The number of morpholine rings is 1. The van der Waals surface area contributed by atoms with Gasteiger partial charge in [-0.3, -0.25) is 9.69 Å². The van der Waals surface area contributed by atoms with Crippen LogP contribution in [0.3, 0.4) is 0 Å². The summed E-state index contributed by atoms with van der Waals surface area (Å²) in [4.78, 5) is 23.9. The van der Waals surface area contributed by atoms with E-state index in [1.165, 1.54) is 0 Å². The van der Waals surface area contributed by atoms with E-state index in [-0.39, 0.29) is 43.1 Å². The molecule has 0 unspecified atom stereocenters. The lowest BCUT2D eigenvalue weighted by molar-refractivity contribution is 0.0378. The first kappa shape index (κ1) is 30.4. The third-order valence-electron chi connectivity index (χ3n) is 5.35. The van der Waals surface area contributed by atoms with E-state index >= 15 is 0 Å². The van der Waals surface area contributed by atoms with Crippen molar-refractivity contribution in [2.24, 2.45) is 0 Å². The van der Waals surface area contributed by atoms with Crippen LogP contribution in [0.2, 0.25) is 0 Å². The van der Waals surface area contributed by atoms with Crippen LogP contribution < -0.4 is 16.4 Å². The maximum atomic E-state index is 12.5. The van der Waals surface area contributed by atoms with Crippen molar-refractivity contribution in [3.63, 3.8) is 0 Å². The summed E-state index contributed by atoms with van der Waals surface area (Å²) >= 11 is 0.